The van der Waals surface area contributed by atoms with Gasteiger partial charge < -0.3 is 9.73 Å². The van der Waals surface area contributed by atoms with Crippen molar-refractivity contribution in [2.75, 3.05) is 6.54 Å². The van der Waals surface area contributed by atoms with Gasteiger partial charge in [0.1, 0.15) is 5.76 Å². The Morgan fingerprint density at radius 2 is 1.81 bits per heavy atom. The number of carbonyl (C=O) groups is 3. The van der Waals surface area contributed by atoms with Gasteiger partial charge in [-0.1, -0.05) is 12.1 Å². The van der Waals surface area contributed by atoms with Crippen LogP contribution in [0.15, 0.2) is 47.1 Å². The van der Waals surface area contributed by atoms with Crippen LogP contribution < -0.4 is 5.32 Å². The number of furan rings is 1. The largest absolute Gasteiger partial charge is 0.469 e. The minimum atomic E-state index is -0.280. The van der Waals surface area contributed by atoms with E-state index < -0.39 is 0 Å². The molecular formula is C20H22N2O4. The van der Waals surface area contributed by atoms with E-state index in [1.165, 1.54) is 4.90 Å². The van der Waals surface area contributed by atoms with Crippen molar-refractivity contribution in [3.63, 3.8) is 0 Å². The van der Waals surface area contributed by atoms with Gasteiger partial charge in [-0.05, 0) is 44.0 Å². The molecule has 0 radical (unpaired) electrons. The maximum absolute atomic E-state index is 12.3. The molecule has 1 unspecified atom stereocenters. The first kappa shape index (κ1) is 17.9. The number of hydrogen-bond acceptors (Lipinski definition) is 4. The minimum Gasteiger partial charge on any atom is -0.469 e. The normalized spacial score (nSPS) is 14.4. The topological polar surface area (TPSA) is 79.6 Å². The lowest BCUT2D eigenvalue weighted by Gasteiger charge is -2.15. The number of benzene rings is 1. The lowest BCUT2D eigenvalue weighted by atomic mass is 10.1. The van der Waals surface area contributed by atoms with Crippen LogP contribution in [0.3, 0.4) is 0 Å². The monoisotopic (exact) mass is 354 g/mol. The molecule has 2 heterocycles. The molecule has 6 nitrogen and oxygen atoms in total. The van der Waals surface area contributed by atoms with Crippen molar-refractivity contribution in [3.8, 4) is 0 Å². The van der Waals surface area contributed by atoms with Crippen LogP contribution in [0.2, 0.25) is 0 Å². The molecular weight excluding hydrogens is 332 g/mol. The Kier molecular flexibility index (Phi) is 5.51. The average Bonchev–Trinajstić information content (AvgIpc) is 3.23. The van der Waals surface area contributed by atoms with Gasteiger partial charge in [-0.25, -0.2) is 0 Å². The third-order valence-corrected chi connectivity index (χ3v) is 4.47. The van der Waals surface area contributed by atoms with Crippen LogP contribution in [0.25, 0.3) is 0 Å². The van der Waals surface area contributed by atoms with E-state index in [1.807, 2.05) is 19.1 Å². The lowest BCUT2D eigenvalue weighted by Crippen LogP contribution is -2.34. The van der Waals surface area contributed by atoms with E-state index in [2.05, 4.69) is 5.32 Å². The standard InChI is InChI=1S/C20H22N2O4/c1-14(10-11-15-6-5-13-26-15)21-18(23)9-4-12-22-19(24)16-7-2-3-8-17(16)20(22)25/h2-3,5-8,13-14H,4,9-12H2,1H3,(H,21,23). The summed E-state index contributed by atoms with van der Waals surface area (Å²) in [5.74, 6) is 0.265. The molecule has 1 N–H and O–H groups in total. The molecule has 0 bridgehead atoms. The first-order chi connectivity index (χ1) is 12.6. The smallest absolute Gasteiger partial charge is 0.261 e. The Balaban J connectivity index is 1.40. The lowest BCUT2D eigenvalue weighted by molar-refractivity contribution is -0.121. The van der Waals surface area contributed by atoms with Crippen LogP contribution in [0, 0.1) is 0 Å². The second kappa shape index (κ2) is 7.99. The van der Waals surface area contributed by atoms with Gasteiger partial charge in [0.25, 0.3) is 11.8 Å². The number of hydrogen-bond donors (Lipinski definition) is 1. The molecule has 0 spiro atoms. The predicted octanol–water partition coefficient (Wildman–Crippen LogP) is 2.79. The minimum absolute atomic E-state index is 0.0342. The molecule has 0 fully saturated rings. The Morgan fingerprint density at radius 1 is 1.12 bits per heavy atom. The van der Waals surface area contributed by atoms with Crippen molar-refractivity contribution in [3.05, 3.63) is 59.5 Å². The highest BCUT2D eigenvalue weighted by Gasteiger charge is 2.34. The van der Waals surface area contributed by atoms with Gasteiger partial charge in [0.2, 0.25) is 5.91 Å². The predicted molar refractivity (Wildman–Crippen MR) is 95.7 cm³/mol. The van der Waals surface area contributed by atoms with E-state index in [0.717, 1.165) is 18.6 Å². The molecule has 1 atom stereocenters. The molecule has 0 aliphatic carbocycles. The fourth-order valence-electron chi connectivity index (χ4n) is 3.07. The quantitative estimate of drug-likeness (QED) is 0.739. The average molecular weight is 354 g/mol. The zero-order valence-electron chi connectivity index (χ0n) is 14.7. The number of nitrogens with one attached hydrogen (secondary N) is 1. The van der Waals surface area contributed by atoms with Crippen molar-refractivity contribution in [2.24, 2.45) is 0 Å². The summed E-state index contributed by atoms with van der Waals surface area (Å²) >= 11 is 0. The fourth-order valence-corrected chi connectivity index (χ4v) is 3.07. The first-order valence-corrected chi connectivity index (χ1v) is 8.83. The molecule has 0 saturated heterocycles. The van der Waals surface area contributed by atoms with Crippen molar-refractivity contribution in [2.45, 2.75) is 38.6 Å². The van der Waals surface area contributed by atoms with Gasteiger partial charge in [-0.3, -0.25) is 19.3 Å². The second-order valence-corrected chi connectivity index (χ2v) is 6.50. The van der Waals surface area contributed by atoms with Crippen LogP contribution >= 0.6 is 0 Å². The Bertz CT molecular complexity index is 763. The molecule has 6 heteroatoms. The highest BCUT2D eigenvalue weighted by Crippen LogP contribution is 2.22. The van der Waals surface area contributed by atoms with Gasteiger partial charge in [0.15, 0.2) is 0 Å². The van der Waals surface area contributed by atoms with Crippen LogP contribution in [0.5, 0.6) is 0 Å². The summed E-state index contributed by atoms with van der Waals surface area (Å²) in [4.78, 5) is 37.8. The van der Waals surface area contributed by atoms with E-state index in [9.17, 15) is 14.4 Å². The number of rotatable bonds is 8. The van der Waals surface area contributed by atoms with Crippen molar-refractivity contribution in [1.29, 1.82) is 0 Å². The Hall–Kier alpha value is -2.89. The molecule has 1 aliphatic heterocycles. The summed E-state index contributed by atoms with van der Waals surface area (Å²) in [5.41, 5.74) is 0.877. The van der Waals surface area contributed by atoms with Crippen LogP contribution in [0.1, 0.15) is 52.7 Å². The summed E-state index contributed by atoms with van der Waals surface area (Å²) in [6.07, 6.45) is 3.92. The summed E-state index contributed by atoms with van der Waals surface area (Å²) in [5, 5.41) is 2.94. The number of nitrogens with zero attached hydrogens (tertiary/aromatic N) is 1. The maximum Gasteiger partial charge on any atom is 0.261 e. The molecule has 3 rings (SSSR count). The van der Waals surface area contributed by atoms with Crippen LogP contribution in [-0.2, 0) is 11.2 Å². The number of imide groups is 1. The van der Waals surface area contributed by atoms with Crippen LogP contribution in [-0.4, -0.2) is 35.2 Å². The fraction of sp³-hybridized carbons (Fsp3) is 0.350. The molecule has 0 saturated carbocycles. The van der Waals surface area contributed by atoms with Gasteiger partial charge >= 0.3 is 0 Å². The van der Waals surface area contributed by atoms with Crippen molar-refractivity contribution < 1.29 is 18.8 Å². The molecule has 2 aromatic rings. The molecule has 1 aliphatic rings. The summed E-state index contributed by atoms with van der Waals surface area (Å²) in [7, 11) is 0. The molecule has 3 amide bonds. The summed E-state index contributed by atoms with van der Waals surface area (Å²) in [6, 6.07) is 10.6. The summed E-state index contributed by atoms with van der Waals surface area (Å²) < 4.78 is 5.28. The third-order valence-electron chi connectivity index (χ3n) is 4.47. The second-order valence-electron chi connectivity index (χ2n) is 6.50. The first-order valence-electron chi connectivity index (χ1n) is 8.83. The van der Waals surface area contributed by atoms with E-state index in [0.29, 0.717) is 17.5 Å². The number of fused-ring (bicyclic) bond motifs is 1. The van der Waals surface area contributed by atoms with Crippen molar-refractivity contribution in [1.82, 2.24) is 10.2 Å². The SMILES string of the molecule is CC(CCc1ccco1)NC(=O)CCCN1C(=O)c2ccccc2C1=O. The maximum atomic E-state index is 12.3. The van der Waals surface area contributed by atoms with Gasteiger partial charge in [-0.15, -0.1) is 0 Å². The zero-order chi connectivity index (χ0) is 18.5. The van der Waals surface area contributed by atoms with Crippen LogP contribution in [0.4, 0.5) is 0 Å². The van der Waals surface area contributed by atoms with E-state index in [4.69, 9.17) is 4.42 Å². The molecule has 136 valence electrons. The summed E-state index contributed by atoms with van der Waals surface area (Å²) in [6.45, 7) is 2.20. The van der Waals surface area contributed by atoms with E-state index >= 15 is 0 Å². The van der Waals surface area contributed by atoms with Gasteiger partial charge in [0.05, 0.1) is 17.4 Å². The van der Waals surface area contributed by atoms with Crippen molar-refractivity contribution >= 4 is 17.7 Å². The third kappa shape index (κ3) is 4.02. The Labute approximate surface area is 152 Å². The molecule has 1 aromatic carbocycles. The zero-order valence-corrected chi connectivity index (χ0v) is 14.7. The highest BCUT2D eigenvalue weighted by atomic mass is 16.3. The highest BCUT2D eigenvalue weighted by molar-refractivity contribution is 6.21. The molecule has 26 heavy (non-hydrogen) atoms. The van der Waals surface area contributed by atoms with E-state index in [1.54, 1.807) is 30.5 Å². The number of amides is 3. The van der Waals surface area contributed by atoms with Gasteiger partial charge in [-0.2, -0.15) is 0 Å². The van der Waals surface area contributed by atoms with Gasteiger partial charge in [0, 0.05) is 25.4 Å². The van der Waals surface area contributed by atoms with E-state index in [-0.39, 0.29) is 36.7 Å². The number of carbonyl (C=O) groups excluding carboxylic acids is 3. The number of aryl methyl sites for hydroxylation is 1. The molecule has 1 aromatic heterocycles. The Morgan fingerprint density at radius 3 is 2.42 bits per heavy atom.